The van der Waals surface area contributed by atoms with Gasteiger partial charge in [0.15, 0.2) is 0 Å². The van der Waals surface area contributed by atoms with Crippen molar-refractivity contribution in [3.05, 3.63) is 35.9 Å². The summed E-state index contributed by atoms with van der Waals surface area (Å²) in [5, 5.41) is 2.81. The second-order valence-electron chi connectivity index (χ2n) is 8.11. The van der Waals surface area contributed by atoms with Crippen molar-refractivity contribution in [3.8, 4) is 0 Å². The van der Waals surface area contributed by atoms with Crippen LogP contribution in [0.4, 0.5) is 0 Å². The summed E-state index contributed by atoms with van der Waals surface area (Å²) in [5.74, 6) is 0.0422. The van der Waals surface area contributed by atoms with Crippen molar-refractivity contribution in [1.29, 1.82) is 0 Å². The minimum absolute atomic E-state index is 0.0207. The van der Waals surface area contributed by atoms with Crippen molar-refractivity contribution in [1.82, 2.24) is 10.2 Å². The molecule has 2 heterocycles. The molecular formula is C20H30N2O3. The Morgan fingerprint density at radius 1 is 1.12 bits per heavy atom. The fourth-order valence-corrected chi connectivity index (χ4v) is 3.71. The fourth-order valence-electron chi connectivity index (χ4n) is 3.71. The lowest BCUT2D eigenvalue weighted by atomic mass is 9.84. The summed E-state index contributed by atoms with van der Waals surface area (Å²) in [6, 6.07) is 10.1. The van der Waals surface area contributed by atoms with Gasteiger partial charge in [-0.05, 0) is 33.3 Å². The van der Waals surface area contributed by atoms with Crippen LogP contribution >= 0.6 is 0 Å². The van der Waals surface area contributed by atoms with Crippen molar-refractivity contribution >= 4 is 5.91 Å². The number of ether oxygens (including phenoxy) is 2. The van der Waals surface area contributed by atoms with E-state index < -0.39 is 0 Å². The number of hydrogen-bond acceptors (Lipinski definition) is 4. The first-order valence-electron chi connectivity index (χ1n) is 9.09. The standard InChI is InChI=1S/C20H30N2O3/c1-19(2)20(3,4)25-17-13-22(12-14-9-7-6-8-10-14)15(18(23)21-5)11-16(17)24-19/h6-10,15-17H,11-13H2,1-5H3,(H,21,23). The van der Waals surface area contributed by atoms with Crippen LogP contribution in [0.5, 0.6) is 0 Å². The summed E-state index contributed by atoms with van der Waals surface area (Å²) in [7, 11) is 1.69. The molecule has 2 aliphatic heterocycles. The normalized spacial score (nSPS) is 31.2. The van der Waals surface area contributed by atoms with Crippen LogP contribution in [0.1, 0.15) is 39.7 Å². The van der Waals surface area contributed by atoms with Gasteiger partial charge in [0.1, 0.15) is 0 Å². The zero-order chi connectivity index (χ0) is 18.2. The number of hydrogen-bond donors (Lipinski definition) is 1. The van der Waals surface area contributed by atoms with Crippen LogP contribution in [0, 0.1) is 0 Å². The van der Waals surface area contributed by atoms with Gasteiger partial charge in [-0.25, -0.2) is 0 Å². The number of benzene rings is 1. The maximum Gasteiger partial charge on any atom is 0.237 e. The molecule has 0 aromatic heterocycles. The number of carbonyl (C=O) groups excluding carboxylic acids is 1. The number of rotatable bonds is 3. The molecule has 1 amide bonds. The van der Waals surface area contributed by atoms with Crippen molar-refractivity contribution in [2.24, 2.45) is 0 Å². The van der Waals surface area contributed by atoms with Crippen LogP contribution in [0.15, 0.2) is 30.3 Å². The molecule has 1 aromatic carbocycles. The third-order valence-electron chi connectivity index (χ3n) is 5.84. The Labute approximate surface area is 150 Å². The first-order valence-corrected chi connectivity index (χ1v) is 9.09. The number of carbonyl (C=O) groups is 1. The zero-order valence-electron chi connectivity index (χ0n) is 15.9. The van der Waals surface area contributed by atoms with E-state index in [1.807, 2.05) is 18.2 Å². The number of amides is 1. The first kappa shape index (κ1) is 18.4. The Balaban J connectivity index is 1.82. The topological polar surface area (TPSA) is 50.8 Å². The molecule has 0 bridgehead atoms. The van der Waals surface area contributed by atoms with Crippen LogP contribution in [0.2, 0.25) is 0 Å². The minimum atomic E-state index is -0.386. The Morgan fingerprint density at radius 2 is 1.72 bits per heavy atom. The molecule has 0 radical (unpaired) electrons. The van der Waals surface area contributed by atoms with E-state index in [0.717, 1.165) is 6.54 Å². The quantitative estimate of drug-likeness (QED) is 0.913. The predicted octanol–water partition coefficient (Wildman–Crippen LogP) is 2.35. The van der Waals surface area contributed by atoms with Crippen LogP contribution in [-0.4, -0.2) is 53.9 Å². The number of likely N-dealkylation sites (tertiary alicyclic amines) is 1. The minimum Gasteiger partial charge on any atom is -0.367 e. The number of nitrogens with one attached hydrogen (secondary N) is 1. The van der Waals surface area contributed by atoms with Gasteiger partial charge in [0.25, 0.3) is 0 Å². The Hall–Kier alpha value is -1.43. The Morgan fingerprint density at radius 3 is 2.32 bits per heavy atom. The van der Waals surface area contributed by atoms with E-state index in [0.29, 0.717) is 13.0 Å². The largest absolute Gasteiger partial charge is 0.367 e. The molecule has 2 aliphatic rings. The van der Waals surface area contributed by atoms with E-state index in [1.54, 1.807) is 7.05 Å². The summed E-state index contributed by atoms with van der Waals surface area (Å²) in [4.78, 5) is 14.7. The van der Waals surface area contributed by atoms with Gasteiger partial charge < -0.3 is 14.8 Å². The summed E-state index contributed by atoms with van der Waals surface area (Å²) in [5.41, 5.74) is 0.446. The second kappa shape index (κ2) is 6.71. The van der Waals surface area contributed by atoms with E-state index in [9.17, 15) is 4.79 Å². The molecule has 0 spiro atoms. The lowest BCUT2D eigenvalue weighted by molar-refractivity contribution is -0.308. The van der Waals surface area contributed by atoms with Crippen molar-refractivity contribution < 1.29 is 14.3 Å². The van der Waals surface area contributed by atoms with Gasteiger partial charge in [0.2, 0.25) is 5.91 Å². The van der Waals surface area contributed by atoms with Crippen LogP contribution in [-0.2, 0) is 20.8 Å². The van der Waals surface area contributed by atoms with Gasteiger partial charge in [-0.3, -0.25) is 9.69 Å². The lowest BCUT2D eigenvalue weighted by Gasteiger charge is -2.55. The number of fused-ring (bicyclic) bond motifs is 1. The Kier molecular flexibility index (Phi) is 4.93. The van der Waals surface area contributed by atoms with E-state index in [1.165, 1.54) is 5.56 Å². The molecule has 1 aromatic rings. The summed E-state index contributed by atoms with van der Waals surface area (Å²) >= 11 is 0. The maximum atomic E-state index is 12.5. The van der Waals surface area contributed by atoms with Crippen molar-refractivity contribution in [2.75, 3.05) is 13.6 Å². The molecule has 2 fully saturated rings. The molecule has 2 saturated heterocycles. The molecule has 3 rings (SSSR count). The highest BCUT2D eigenvalue weighted by molar-refractivity contribution is 5.81. The average molecular weight is 346 g/mol. The molecular weight excluding hydrogens is 316 g/mol. The van der Waals surface area contributed by atoms with Gasteiger partial charge in [0, 0.05) is 26.6 Å². The smallest absolute Gasteiger partial charge is 0.237 e. The molecule has 5 heteroatoms. The van der Waals surface area contributed by atoms with Crippen molar-refractivity contribution in [3.63, 3.8) is 0 Å². The molecule has 138 valence electrons. The zero-order valence-corrected chi connectivity index (χ0v) is 15.9. The van der Waals surface area contributed by atoms with Crippen molar-refractivity contribution in [2.45, 2.75) is 70.1 Å². The summed E-state index contributed by atoms with van der Waals surface area (Å²) in [6.07, 6.45) is 0.571. The van der Waals surface area contributed by atoms with Gasteiger partial charge >= 0.3 is 0 Å². The number of likely N-dealkylation sites (N-methyl/N-ethyl adjacent to an activating group) is 1. The predicted molar refractivity (Wildman–Crippen MR) is 97.2 cm³/mol. The highest BCUT2D eigenvalue weighted by Crippen LogP contribution is 2.41. The van der Waals surface area contributed by atoms with Gasteiger partial charge in [-0.1, -0.05) is 30.3 Å². The van der Waals surface area contributed by atoms with Crippen LogP contribution in [0.3, 0.4) is 0 Å². The highest BCUT2D eigenvalue weighted by atomic mass is 16.6. The van der Waals surface area contributed by atoms with E-state index in [2.05, 4.69) is 50.0 Å². The maximum absolute atomic E-state index is 12.5. The number of nitrogens with zero attached hydrogens (tertiary/aromatic N) is 1. The fraction of sp³-hybridized carbons (Fsp3) is 0.650. The van der Waals surface area contributed by atoms with Gasteiger partial charge in [0.05, 0.1) is 29.5 Å². The first-order chi connectivity index (χ1) is 11.7. The highest BCUT2D eigenvalue weighted by Gasteiger charge is 2.52. The van der Waals surface area contributed by atoms with E-state index in [-0.39, 0.29) is 35.4 Å². The average Bonchev–Trinajstić information content (AvgIpc) is 2.55. The SMILES string of the molecule is CNC(=O)C1CC2OC(C)(C)C(C)(C)OC2CN1Cc1ccccc1. The summed E-state index contributed by atoms with van der Waals surface area (Å²) < 4.78 is 12.8. The van der Waals surface area contributed by atoms with Crippen LogP contribution < -0.4 is 5.32 Å². The summed E-state index contributed by atoms with van der Waals surface area (Å²) in [6.45, 7) is 9.71. The molecule has 0 aliphatic carbocycles. The van der Waals surface area contributed by atoms with Gasteiger partial charge in [-0.2, -0.15) is 0 Å². The van der Waals surface area contributed by atoms with Gasteiger partial charge in [-0.15, -0.1) is 0 Å². The molecule has 3 unspecified atom stereocenters. The molecule has 1 N–H and O–H groups in total. The molecule has 3 atom stereocenters. The van der Waals surface area contributed by atoms with Crippen LogP contribution in [0.25, 0.3) is 0 Å². The third-order valence-corrected chi connectivity index (χ3v) is 5.84. The van der Waals surface area contributed by atoms with E-state index >= 15 is 0 Å². The Bertz CT molecular complexity index is 615. The number of piperidine rings is 1. The molecule has 0 saturated carbocycles. The monoisotopic (exact) mass is 346 g/mol. The molecule has 5 nitrogen and oxygen atoms in total. The van der Waals surface area contributed by atoms with E-state index in [4.69, 9.17) is 9.47 Å². The lowest BCUT2D eigenvalue weighted by Crippen LogP contribution is -2.67. The third kappa shape index (κ3) is 3.59. The molecule has 25 heavy (non-hydrogen) atoms. The second-order valence-corrected chi connectivity index (χ2v) is 8.11.